The van der Waals surface area contributed by atoms with E-state index in [4.69, 9.17) is 11.1 Å². The third-order valence-electron chi connectivity index (χ3n) is 2.65. The summed E-state index contributed by atoms with van der Waals surface area (Å²) in [6.45, 7) is 6.47. The highest BCUT2D eigenvalue weighted by molar-refractivity contribution is 5.94. The van der Waals surface area contributed by atoms with Crippen molar-refractivity contribution in [3.05, 3.63) is 35.1 Å². The standard InChI is InChI=1S/C12H18FN3/c1-3-16(4-2)8-10-6-5-9(12(14)15)7-11(10)13/h5-7H,3-4,8H2,1-2H3,(H3,14,15). The van der Waals surface area contributed by atoms with Gasteiger partial charge in [-0.1, -0.05) is 26.0 Å². The zero-order chi connectivity index (χ0) is 12.1. The van der Waals surface area contributed by atoms with Crippen LogP contribution in [0.4, 0.5) is 4.39 Å². The largest absolute Gasteiger partial charge is 0.384 e. The highest BCUT2D eigenvalue weighted by Crippen LogP contribution is 2.12. The Hall–Kier alpha value is -1.42. The van der Waals surface area contributed by atoms with Crippen LogP contribution in [0.3, 0.4) is 0 Å². The molecule has 0 amide bonds. The Morgan fingerprint density at radius 3 is 2.44 bits per heavy atom. The summed E-state index contributed by atoms with van der Waals surface area (Å²) in [5, 5.41) is 7.22. The number of rotatable bonds is 5. The zero-order valence-corrected chi connectivity index (χ0v) is 9.76. The summed E-state index contributed by atoms with van der Waals surface area (Å²) in [5.74, 6) is -0.395. The number of hydrogen-bond donors (Lipinski definition) is 2. The van der Waals surface area contributed by atoms with Crippen molar-refractivity contribution in [2.75, 3.05) is 13.1 Å². The van der Waals surface area contributed by atoms with E-state index in [0.717, 1.165) is 13.1 Å². The van der Waals surface area contributed by atoms with Crippen LogP contribution in [0.5, 0.6) is 0 Å². The molecule has 0 heterocycles. The molecule has 16 heavy (non-hydrogen) atoms. The van der Waals surface area contributed by atoms with Gasteiger partial charge in [0.25, 0.3) is 0 Å². The van der Waals surface area contributed by atoms with Gasteiger partial charge in [-0.25, -0.2) is 4.39 Å². The number of hydrogen-bond acceptors (Lipinski definition) is 2. The van der Waals surface area contributed by atoms with Crippen LogP contribution in [0, 0.1) is 11.2 Å². The van der Waals surface area contributed by atoms with Crippen LogP contribution < -0.4 is 5.73 Å². The molecule has 3 N–H and O–H groups in total. The third kappa shape index (κ3) is 3.03. The molecular formula is C12H18FN3. The molecule has 1 aromatic carbocycles. The van der Waals surface area contributed by atoms with Crippen LogP contribution in [-0.2, 0) is 6.54 Å². The second kappa shape index (κ2) is 5.61. The van der Waals surface area contributed by atoms with Crippen LogP contribution in [0.15, 0.2) is 18.2 Å². The quantitative estimate of drug-likeness (QED) is 0.592. The fourth-order valence-corrected chi connectivity index (χ4v) is 1.53. The molecule has 0 aromatic heterocycles. The molecule has 0 aliphatic carbocycles. The van der Waals surface area contributed by atoms with Crippen LogP contribution in [0.1, 0.15) is 25.0 Å². The van der Waals surface area contributed by atoms with Crippen LogP contribution in [0.25, 0.3) is 0 Å². The van der Waals surface area contributed by atoms with Gasteiger partial charge in [-0.2, -0.15) is 0 Å². The van der Waals surface area contributed by atoms with E-state index in [-0.39, 0.29) is 11.7 Å². The summed E-state index contributed by atoms with van der Waals surface area (Å²) < 4.78 is 13.7. The molecule has 0 unspecified atom stereocenters. The highest BCUT2D eigenvalue weighted by Gasteiger charge is 2.08. The molecule has 0 aliphatic rings. The summed E-state index contributed by atoms with van der Waals surface area (Å²) in [5.41, 5.74) is 6.37. The summed E-state index contributed by atoms with van der Waals surface area (Å²) >= 11 is 0. The maximum Gasteiger partial charge on any atom is 0.128 e. The Morgan fingerprint density at radius 1 is 1.38 bits per heavy atom. The molecule has 1 aromatic rings. The molecule has 4 heteroatoms. The Balaban J connectivity index is 2.86. The van der Waals surface area contributed by atoms with Gasteiger partial charge in [-0.05, 0) is 19.2 Å². The molecule has 88 valence electrons. The fourth-order valence-electron chi connectivity index (χ4n) is 1.53. The number of benzene rings is 1. The van der Waals surface area contributed by atoms with Crippen molar-refractivity contribution in [2.45, 2.75) is 20.4 Å². The fraction of sp³-hybridized carbons (Fsp3) is 0.417. The van der Waals surface area contributed by atoms with Crippen molar-refractivity contribution in [1.82, 2.24) is 4.90 Å². The van der Waals surface area contributed by atoms with Gasteiger partial charge in [0.1, 0.15) is 11.7 Å². The van der Waals surface area contributed by atoms with Crippen LogP contribution in [-0.4, -0.2) is 23.8 Å². The smallest absolute Gasteiger partial charge is 0.128 e. The number of nitrogens with one attached hydrogen (secondary N) is 1. The van der Waals surface area contributed by atoms with Gasteiger partial charge in [-0.15, -0.1) is 0 Å². The first-order valence-electron chi connectivity index (χ1n) is 5.43. The van der Waals surface area contributed by atoms with Crippen molar-refractivity contribution < 1.29 is 4.39 Å². The Labute approximate surface area is 95.6 Å². The minimum Gasteiger partial charge on any atom is -0.384 e. The molecule has 0 radical (unpaired) electrons. The Morgan fingerprint density at radius 2 is 2.00 bits per heavy atom. The molecule has 0 aliphatic heterocycles. The van der Waals surface area contributed by atoms with Gasteiger partial charge in [0, 0.05) is 17.7 Å². The summed E-state index contributed by atoms with van der Waals surface area (Å²) in [4.78, 5) is 2.13. The van der Waals surface area contributed by atoms with Crippen molar-refractivity contribution >= 4 is 5.84 Å². The molecule has 1 rings (SSSR count). The van der Waals surface area contributed by atoms with E-state index in [0.29, 0.717) is 17.7 Å². The van der Waals surface area contributed by atoms with Gasteiger partial charge in [0.05, 0.1) is 0 Å². The lowest BCUT2D eigenvalue weighted by molar-refractivity contribution is 0.291. The Kier molecular flexibility index (Phi) is 4.43. The summed E-state index contributed by atoms with van der Waals surface area (Å²) in [6, 6.07) is 4.70. The minimum absolute atomic E-state index is 0.103. The van der Waals surface area contributed by atoms with E-state index in [1.807, 2.05) is 13.8 Å². The first kappa shape index (κ1) is 12.6. The molecule has 0 atom stereocenters. The lowest BCUT2D eigenvalue weighted by Crippen LogP contribution is -2.23. The predicted molar refractivity (Wildman–Crippen MR) is 64.0 cm³/mol. The van der Waals surface area contributed by atoms with Gasteiger partial charge < -0.3 is 5.73 Å². The SMILES string of the molecule is CCN(CC)Cc1ccc(C(=N)N)cc1F. The van der Waals surface area contributed by atoms with Gasteiger partial charge >= 0.3 is 0 Å². The van der Waals surface area contributed by atoms with Crippen molar-refractivity contribution in [3.8, 4) is 0 Å². The molecule has 0 saturated carbocycles. The minimum atomic E-state index is -0.292. The topological polar surface area (TPSA) is 53.1 Å². The first-order chi connectivity index (χ1) is 7.58. The van der Waals surface area contributed by atoms with E-state index in [1.54, 1.807) is 12.1 Å². The molecule has 0 spiro atoms. The maximum absolute atomic E-state index is 13.7. The van der Waals surface area contributed by atoms with E-state index in [9.17, 15) is 4.39 Å². The molecule has 0 bridgehead atoms. The number of nitrogens with two attached hydrogens (primary N) is 1. The van der Waals surface area contributed by atoms with Crippen molar-refractivity contribution in [2.24, 2.45) is 5.73 Å². The number of amidine groups is 1. The van der Waals surface area contributed by atoms with Crippen LogP contribution in [0.2, 0.25) is 0 Å². The summed E-state index contributed by atoms with van der Waals surface area (Å²) in [6.07, 6.45) is 0. The van der Waals surface area contributed by atoms with E-state index in [1.165, 1.54) is 6.07 Å². The van der Waals surface area contributed by atoms with Crippen LogP contribution >= 0.6 is 0 Å². The third-order valence-corrected chi connectivity index (χ3v) is 2.65. The van der Waals surface area contributed by atoms with Gasteiger partial charge in [-0.3, -0.25) is 10.3 Å². The summed E-state index contributed by atoms with van der Waals surface area (Å²) in [7, 11) is 0. The zero-order valence-electron chi connectivity index (χ0n) is 9.76. The lowest BCUT2D eigenvalue weighted by Gasteiger charge is -2.18. The predicted octanol–water partition coefficient (Wildman–Crippen LogP) is 1.95. The van der Waals surface area contributed by atoms with E-state index >= 15 is 0 Å². The average molecular weight is 223 g/mol. The molecular weight excluding hydrogens is 205 g/mol. The molecule has 0 saturated heterocycles. The lowest BCUT2D eigenvalue weighted by atomic mass is 10.1. The monoisotopic (exact) mass is 223 g/mol. The normalized spacial score (nSPS) is 10.8. The first-order valence-corrected chi connectivity index (χ1v) is 5.43. The number of nitrogen functional groups attached to an aromatic ring is 1. The number of nitrogens with zero attached hydrogens (tertiary/aromatic N) is 1. The van der Waals surface area contributed by atoms with E-state index in [2.05, 4.69) is 4.90 Å². The average Bonchev–Trinajstić information content (AvgIpc) is 2.27. The Bertz CT molecular complexity index is 373. The molecule has 3 nitrogen and oxygen atoms in total. The van der Waals surface area contributed by atoms with Gasteiger partial charge in [0.15, 0.2) is 0 Å². The van der Waals surface area contributed by atoms with Crippen molar-refractivity contribution in [1.29, 1.82) is 5.41 Å². The maximum atomic E-state index is 13.7. The van der Waals surface area contributed by atoms with Crippen molar-refractivity contribution in [3.63, 3.8) is 0 Å². The molecule has 0 fully saturated rings. The van der Waals surface area contributed by atoms with Gasteiger partial charge in [0.2, 0.25) is 0 Å². The highest BCUT2D eigenvalue weighted by atomic mass is 19.1. The second-order valence-electron chi connectivity index (χ2n) is 3.68. The second-order valence-corrected chi connectivity index (χ2v) is 3.68. The number of halogens is 1. The van der Waals surface area contributed by atoms with E-state index < -0.39 is 0 Å².